The van der Waals surface area contributed by atoms with Gasteiger partial charge in [-0.3, -0.25) is 4.55 Å². The standard InChI is InChI=1S/C12H19ClN2O4S2/c13-11-4-5-12(15-10-11)19-8-3-1-2-6-14-7-9-20-21(16,17)18/h4-5,10,14H,1-3,6-9H2,(H,16,17,18). The summed E-state index contributed by atoms with van der Waals surface area (Å²) in [5.41, 5.74) is 0. The molecule has 0 saturated heterocycles. The fourth-order valence-electron chi connectivity index (χ4n) is 1.50. The van der Waals surface area contributed by atoms with E-state index in [1.807, 2.05) is 0 Å². The maximum Gasteiger partial charge on any atom is 0.319 e. The van der Waals surface area contributed by atoms with Gasteiger partial charge in [0.15, 0.2) is 0 Å². The monoisotopic (exact) mass is 354 g/mol. The fraction of sp³-hybridized carbons (Fsp3) is 0.583. The predicted molar refractivity (Wildman–Crippen MR) is 85.5 cm³/mol. The van der Waals surface area contributed by atoms with Crippen molar-refractivity contribution in [1.82, 2.24) is 10.3 Å². The highest BCUT2D eigenvalue weighted by atomic mass is 35.5. The molecule has 0 fully saturated rings. The van der Waals surface area contributed by atoms with E-state index < -0.39 is 9.15 Å². The lowest BCUT2D eigenvalue weighted by Crippen LogP contribution is -2.19. The number of nitrogens with zero attached hydrogens (tertiary/aromatic N) is 1. The Hall–Kier alpha value is -0.540. The molecule has 1 aromatic heterocycles. The molecule has 21 heavy (non-hydrogen) atoms. The fourth-order valence-corrected chi connectivity index (χ4v) is 2.93. The molecule has 0 bridgehead atoms. The normalized spacial score (nSPS) is 11.5. The van der Waals surface area contributed by atoms with Crippen LogP contribution in [-0.2, 0) is 9.15 Å². The van der Waals surface area contributed by atoms with Crippen LogP contribution in [0.5, 0.6) is 5.88 Å². The van der Waals surface area contributed by atoms with Gasteiger partial charge >= 0.3 is 9.15 Å². The van der Waals surface area contributed by atoms with E-state index in [1.165, 1.54) is 0 Å². The van der Waals surface area contributed by atoms with Gasteiger partial charge in [-0.1, -0.05) is 11.6 Å². The van der Waals surface area contributed by atoms with Crippen LogP contribution in [0, 0.1) is 0 Å². The average Bonchev–Trinajstić information content (AvgIpc) is 2.42. The van der Waals surface area contributed by atoms with Gasteiger partial charge in [-0.2, -0.15) is 8.42 Å². The topological polar surface area (TPSA) is 88.5 Å². The van der Waals surface area contributed by atoms with Crippen LogP contribution in [0.4, 0.5) is 0 Å². The van der Waals surface area contributed by atoms with Crippen molar-refractivity contribution < 1.29 is 17.7 Å². The number of halogens is 1. The minimum absolute atomic E-state index is 0.337. The van der Waals surface area contributed by atoms with Crippen molar-refractivity contribution >= 4 is 31.5 Å². The summed E-state index contributed by atoms with van der Waals surface area (Å²) in [5.74, 6) is 0.907. The summed E-state index contributed by atoms with van der Waals surface area (Å²) >= 11 is 5.72. The predicted octanol–water partition coefficient (Wildman–Crippen LogP) is 2.41. The molecule has 0 aliphatic heterocycles. The maximum atomic E-state index is 10.4. The molecule has 0 radical (unpaired) electrons. The summed E-state index contributed by atoms with van der Waals surface area (Å²) in [4.78, 5) is 4.03. The Kier molecular flexibility index (Phi) is 9.02. The summed E-state index contributed by atoms with van der Waals surface area (Å²) in [5, 5.41) is 3.69. The third-order valence-corrected chi connectivity index (χ3v) is 4.74. The second-order valence-corrected chi connectivity index (χ2v) is 8.13. The summed E-state index contributed by atoms with van der Waals surface area (Å²) in [6.07, 6.45) is 4.46. The van der Waals surface area contributed by atoms with E-state index in [-0.39, 0.29) is 0 Å². The molecule has 2 N–H and O–H groups in total. The Labute approximate surface area is 133 Å². The first-order valence-corrected chi connectivity index (χ1v) is 9.86. The van der Waals surface area contributed by atoms with Gasteiger partial charge < -0.3 is 10.1 Å². The first-order valence-electron chi connectivity index (χ1n) is 6.54. The van der Waals surface area contributed by atoms with E-state index >= 15 is 0 Å². The van der Waals surface area contributed by atoms with E-state index in [9.17, 15) is 8.42 Å². The number of ether oxygens (including phenoxy) is 1. The minimum Gasteiger partial charge on any atom is -0.478 e. The molecular weight excluding hydrogens is 336 g/mol. The Bertz CT molecular complexity index is 496. The van der Waals surface area contributed by atoms with Crippen molar-refractivity contribution in [2.24, 2.45) is 0 Å². The lowest BCUT2D eigenvalue weighted by molar-refractivity contribution is 0.294. The van der Waals surface area contributed by atoms with Crippen LogP contribution >= 0.6 is 22.4 Å². The number of nitrogens with one attached hydrogen (secondary N) is 1. The summed E-state index contributed by atoms with van der Waals surface area (Å²) in [6.45, 7) is 1.97. The van der Waals surface area contributed by atoms with Gasteiger partial charge in [0.2, 0.25) is 5.88 Å². The molecule has 1 rings (SSSR count). The van der Waals surface area contributed by atoms with Crippen LogP contribution in [0.2, 0.25) is 5.02 Å². The Morgan fingerprint density at radius 3 is 2.76 bits per heavy atom. The van der Waals surface area contributed by atoms with Crippen LogP contribution in [0.25, 0.3) is 0 Å². The number of unbranched alkanes of at least 4 members (excludes halogenated alkanes) is 2. The summed E-state index contributed by atoms with van der Waals surface area (Å²) in [7, 11) is -3.38. The van der Waals surface area contributed by atoms with Crippen molar-refractivity contribution in [3.8, 4) is 5.88 Å². The van der Waals surface area contributed by atoms with E-state index in [4.69, 9.17) is 20.9 Å². The number of hydrogen-bond donors (Lipinski definition) is 2. The van der Waals surface area contributed by atoms with Gasteiger partial charge in [0.1, 0.15) is 0 Å². The molecule has 0 spiro atoms. The maximum absolute atomic E-state index is 10.4. The highest BCUT2D eigenvalue weighted by Gasteiger charge is 2.03. The summed E-state index contributed by atoms with van der Waals surface area (Å²) < 4.78 is 34.8. The Morgan fingerprint density at radius 2 is 2.10 bits per heavy atom. The van der Waals surface area contributed by atoms with Gasteiger partial charge in [-0.25, -0.2) is 4.98 Å². The van der Waals surface area contributed by atoms with Crippen molar-refractivity contribution in [2.75, 3.05) is 25.4 Å². The quantitative estimate of drug-likeness (QED) is 0.358. The minimum atomic E-state index is -3.91. The van der Waals surface area contributed by atoms with Crippen molar-refractivity contribution in [2.45, 2.75) is 19.3 Å². The average molecular weight is 355 g/mol. The second kappa shape index (κ2) is 10.2. The zero-order valence-corrected chi connectivity index (χ0v) is 13.9. The lowest BCUT2D eigenvalue weighted by atomic mass is 10.2. The number of pyridine rings is 1. The molecule has 0 aliphatic carbocycles. The molecule has 0 unspecified atom stereocenters. The molecule has 0 atom stereocenters. The molecule has 9 heteroatoms. The zero-order chi connectivity index (χ0) is 15.6. The molecule has 0 amide bonds. The molecule has 120 valence electrons. The number of rotatable bonds is 11. The third kappa shape index (κ3) is 10.8. The number of aromatic nitrogens is 1. The largest absolute Gasteiger partial charge is 0.478 e. The Morgan fingerprint density at radius 1 is 1.29 bits per heavy atom. The van der Waals surface area contributed by atoms with E-state index in [0.29, 0.717) is 40.6 Å². The van der Waals surface area contributed by atoms with Crippen LogP contribution in [0.15, 0.2) is 18.3 Å². The summed E-state index contributed by atoms with van der Waals surface area (Å²) in [6, 6.07) is 3.47. The van der Waals surface area contributed by atoms with Crippen LogP contribution < -0.4 is 10.1 Å². The molecule has 6 nitrogen and oxygen atoms in total. The molecule has 1 heterocycles. The zero-order valence-electron chi connectivity index (χ0n) is 11.5. The molecule has 0 saturated carbocycles. The van der Waals surface area contributed by atoms with Crippen LogP contribution in [0.3, 0.4) is 0 Å². The number of hydrogen-bond acceptors (Lipinski definition) is 6. The van der Waals surface area contributed by atoms with E-state index in [1.54, 1.807) is 18.3 Å². The smallest absolute Gasteiger partial charge is 0.319 e. The molecule has 0 aliphatic rings. The van der Waals surface area contributed by atoms with Crippen molar-refractivity contribution in [1.29, 1.82) is 0 Å². The highest BCUT2D eigenvalue weighted by Crippen LogP contribution is 2.11. The van der Waals surface area contributed by atoms with Crippen molar-refractivity contribution in [3.63, 3.8) is 0 Å². The highest BCUT2D eigenvalue weighted by molar-refractivity contribution is 8.69. The van der Waals surface area contributed by atoms with E-state index in [2.05, 4.69) is 10.3 Å². The van der Waals surface area contributed by atoms with Gasteiger partial charge in [0, 0.05) is 24.6 Å². The lowest BCUT2D eigenvalue weighted by Gasteiger charge is -2.06. The molecular formula is C12H19ClN2O4S2. The first kappa shape index (κ1) is 18.5. The second-order valence-electron chi connectivity index (χ2n) is 4.22. The third-order valence-electron chi connectivity index (χ3n) is 2.46. The van der Waals surface area contributed by atoms with E-state index in [0.717, 1.165) is 25.8 Å². The molecule has 0 aromatic carbocycles. The Balaban J connectivity index is 1.90. The van der Waals surface area contributed by atoms with Crippen LogP contribution in [-0.4, -0.2) is 43.4 Å². The van der Waals surface area contributed by atoms with Gasteiger partial charge in [0.25, 0.3) is 0 Å². The first-order chi connectivity index (χ1) is 9.97. The SMILES string of the molecule is O=S(=O)(O)SCCNCCCCCOc1ccc(Cl)cn1. The van der Waals surface area contributed by atoms with Crippen LogP contribution in [0.1, 0.15) is 19.3 Å². The van der Waals surface area contributed by atoms with Gasteiger partial charge in [-0.15, -0.1) is 0 Å². The van der Waals surface area contributed by atoms with Crippen molar-refractivity contribution in [3.05, 3.63) is 23.4 Å². The van der Waals surface area contributed by atoms with Gasteiger partial charge in [0.05, 0.1) is 11.6 Å². The molecule has 1 aromatic rings. The van der Waals surface area contributed by atoms with Gasteiger partial charge in [-0.05, 0) is 42.7 Å².